The smallest absolute Gasteiger partial charge is 0.337 e. The Kier molecular flexibility index (Phi) is 7.11. The molecule has 1 aliphatic rings. The molecule has 4 rings (SSSR count). The van der Waals surface area contributed by atoms with Crippen molar-refractivity contribution in [3.05, 3.63) is 69.3 Å². The van der Waals surface area contributed by atoms with Crippen LogP contribution in [0.15, 0.2) is 46.9 Å². The molecule has 2 heterocycles. The predicted molar refractivity (Wildman–Crippen MR) is 143 cm³/mol. The summed E-state index contributed by atoms with van der Waals surface area (Å²) in [5.41, 5.74) is 6.85. The predicted octanol–water partition coefficient (Wildman–Crippen LogP) is 4.61. The second-order valence-electron chi connectivity index (χ2n) is 9.65. The largest absolute Gasteiger partial charge is 0.467 e. The summed E-state index contributed by atoms with van der Waals surface area (Å²) in [6.45, 7) is 6.16. The number of halogens is 1. The topological polar surface area (TPSA) is 88.7 Å². The molecule has 9 heteroatoms. The first-order valence-corrected chi connectivity index (χ1v) is 15.8. The third-order valence-corrected chi connectivity index (χ3v) is 7.64. The summed E-state index contributed by atoms with van der Waals surface area (Å²) in [6, 6.07) is 11.2. The minimum Gasteiger partial charge on any atom is -0.467 e. The number of hydrogen-bond donors (Lipinski definition) is 1. The summed E-state index contributed by atoms with van der Waals surface area (Å²) in [6.07, 6.45) is 0.287. The van der Waals surface area contributed by atoms with Crippen molar-refractivity contribution in [2.45, 2.75) is 38.1 Å². The average Bonchev–Trinajstić information content (AvgIpc) is 3.24. The van der Waals surface area contributed by atoms with Crippen LogP contribution < -0.4 is 0 Å². The van der Waals surface area contributed by atoms with Gasteiger partial charge in [-0.1, -0.05) is 43.9 Å². The highest BCUT2D eigenvalue weighted by Crippen LogP contribution is 2.42. The Hall–Kier alpha value is -3.35. The number of nitrogens with one attached hydrogen (secondary N) is 1. The van der Waals surface area contributed by atoms with E-state index in [1.807, 2.05) is 18.2 Å². The third-order valence-electron chi connectivity index (χ3n) is 6.11. The van der Waals surface area contributed by atoms with E-state index < -0.39 is 38.0 Å². The lowest BCUT2D eigenvalue weighted by molar-refractivity contribution is -0.153. The van der Waals surface area contributed by atoms with Crippen LogP contribution in [0.1, 0.15) is 33.2 Å². The summed E-state index contributed by atoms with van der Waals surface area (Å²) >= 11 is 3.61. The van der Waals surface area contributed by atoms with Gasteiger partial charge < -0.3 is 19.4 Å². The number of carbonyl (C=O) groups excluding carboxylic acids is 3. The van der Waals surface area contributed by atoms with E-state index in [0.29, 0.717) is 5.56 Å². The molecular weight excluding hydrogens is 540 g/mol. The molecule has 0 radical (unpaired) electrons. The minimum absolute atomic E-state index is 0.287. The summed E-state index contributed by atoms with van der Waals surface area (Å²) in [4.78, 5) is 43.7. The number of benzene rings is 2. The zero-order chi connectivity index (χ0) is 26.2. The minimum atomic E-state index is -1.86. The van der Waals surface area contributed by atoms with Crippen molar-refractivity contribution in [3.8, 4) is 11.5 Å². The van der Waals surface area contributed by atoms with E-state index >= 15 is 0 Å². The number of aromatic amines is 1. The van der Waals surface area contributed by atoms with Crippen molar-refractivity contribution in [2.24, 2.45) is 0 Å². The molecule has 7 nitrogen and oxygen atoms in total. The average molecular weight is 568 g/mol. The van der Waals surface area contributed by atoms with Crippen molar-refractivity contribution in [1.82, 2.24) is 9.88 Å². The molecule has 36 heavy (non-hydrogen) atoms. The van der Waals surface area contributed by atoms with Gasteiger partial charge in [0.05, 0.1) is 31.3 Å². The van der Waals surface area contributed by atoms with E-state index in [2.05, 4.69) is 52.0 Å². The maximum atomic E-state index is 13.6. The van der Waals surface area contributed by atoms with Gasteiger partial charge in [-0.3, -0.25) is 4.79 Å². The van der Waals surface area contributed by atoms with Crippen LogP contribution in [0.3, 0.4) is 0 Å². The molecule has 0 saturated heterocycles. The molecule has 0 bridgehead atoms. The molecular formula is C27H27BrN2O5Si. The number of esters is 2. The quantitative estimate of drug-likeness (QED) is 0.284. The highest BCUT2D eigenvalue weighted by atomic mass is 79.9. The Labute approximate surface area is 219 Å². The highest BCUT2D eigenvalue weighted by molar-refractivity contribution is 9.10. The van der Waals surface area contributed by atoms with Crippen LogP contribution in [-0.4, -0.2) is 56.1 Å². The van der Waals surface area contributed by atoms with Gasteiger partial charge >= 0.3 is 11.9 Å². The Bertz CT molecular complexity index is 1410. The van der Waals surface area contributed by atoms with Gasteiger partial charge in [0.15, 0.2) is 0 Å². The monoisotopic (exact) mass is 566 g/mol. The molecule has 1 aromatic heterocycles. The normalized spacial score (nSPS) is 17.1. The second-order valence-corrected chi connectivity index (χ2v) is 15.3. The molecule has 1 N–H and O–H groups in total. The number of ether oxygens (including phenoxy) is 2. The van der Waals surface area contributed by atoms with Gasteiger partial charge in [-0.25, -0.2) is 9.59 Å². The third kappa shape index (κ3) is 4.83. The standard InChI is InChI=1S/C27H27BrN2O5Si/c1-34-26(32)17-11-9-16(10-12-17)25-24-19(18-7-6-8-20(28)23(18)29-24)15-21(27(33)35-2)30(25)22(31)13-14-36(3,4)5/h6-12,21,25,29H,15H2,1-5H3/t21-,25-/m1/s1. The fourth-order valence-electron chi connectivity index (χ4n) is 4.47. The van der Waals surface area contributed by atoms with E-state index in [-0.39, 0.29) is 6.42 Å². The van der Waals surface area contributed by atoms with Gasteiger partial charge in [-0.2, -0.15) is 0 Å². The van der Waals surface area contributed by atoms with Gasteiger partial charge in [0.2, 0.25) is 0 Å². The van der Waals surface area contributed by atoms with E-state index in [1.54, 1.807) is 24.3 Å². The van der Waals surface area contributed by atoms with Crippen molar-refractivity contribution < 1.29 is 23.9 Å². The molecule has 2 atom stereocenters. The number of rotatable bonds is 3. The van der Waals surface area contributed by atoms with Crippen LogP contribution in [0.2, 0.25) is 19.6 Å². The summed E-state index contributed by atoms with van der Waals surface area (Å²) < 4.78 is 10.8. The van der Waals surface area contributed by atoms with Crippen LogP contribution >= 0.6 is 15.9 Å². The first-order valence-electron chi connectivity index (χ1n) is 11.5. The van der Waals surface area contributed by atoms with Crippen LogP contribution in [0, 0.1) is 11.5 Å². The molecule has 0 fully saturated rings. The van der Waals surface area contributed by atoms with E-state index in [1.165, 1.54) is 19.1 Å². The molecule has 1 amide bonds. The first kappa shape index (κ1) is 25.7. The van der Waals surface area contributed by atoms with Gasteiger partial charge in [0.25, 0.3) is 5.91 Å². The number of carbonyl (C=O) groups is 3. The molecule has 186 valence electrons. The van der Waals surface area contributed by atoms with Crippen LogP contribution in [0.4, 0.5) is 0 Å². The first-order chi connectivity index (χ1) is 17.1. The van der Waals surface area contributed by atoms with Gasteiger partial charge in [0, 0.05) is 22.0 Å². The van der Waals surface area contributed by atoms with Crippen molar-refractivity contribution >= 4 is 52.8 Å². The fraction of sp³-hybridized carbons (Fsp3) is 0.296. The SMILES string of the molecule is COC(=O)c1ccc([C@@H]2c3[nH]c4c(Br)cccc4c3C[C@H](C(=O)OC)N2C(=O)C#C[Si](C)(C)C)cc1. The van der Waals surface area contributed by atoms with Crippen LogP contribution in [0.5, 0.6) is 0 Å². The number of para-hydroxylation sites is 1. The van der Waals surface area contributed by atoms with Gasteiger partial charge in [-0.15, -0.1) is 5.54 Å². The van der Waals surface area contributed by atoms with Gasteiger partial charge in [0.1, 0.15) is 14.1 Å². The van der Waals surface area contributed by atoms with Gasteiger partial charge in [-0.05, 0) is 51.2 Å². The number of H-pyrrole nitrogens is 1. The summed E-state index contributed by atoms with van der Waals surface area (Å²) in [5, 5.41) is 0.963. The van der Waals surface area contributed by atoms with Crippen LogP contribution in [-0.2, 0) is 25.5 Å². The molecule has 1 aliphatic heterocycles. The van der Waals surface area contributed by atoms with E-state index in [4.69, 9.17) is 9.47 Å². The Balaban J connectivity index is 1.96. The number of methoxy groups -OCH3 is 2. The number of hydrogen-bond acceptors (Lipinski definition) is 5. The van der Waals surface area contributed by atoms with E-state index in [0.717, 1.165) is 32.2 Å². The lowest BCUT2D eigenvalue weighted by Gasteiger charge is -2.40. The van der Waals surface area contributed by atoms with Crippen molar-refractivity contribution in [3.63, 3.8) is 0 Å². The number of nitrogens with zero attached hydrogens (tertiary/aromatic N) is 1. The Morgan fingerprint density at radius 2 is 1.75 bits per heavy atom. The number of aromatic nitrogens is 1. The molecule has 3 aromatic rings. The number of amides is 1. The summed E-state index contributed by atoms with van der Waals surface area (Å²) in [7, 11) is 0.781. The molecule has 2 aromatic carbocycles. The molecule has 0 aliphatic carbocycles. The fourth-order valence-corrected chi connectivity index (χ4v) is 5.41. The van der Waals surface area contributed by atoms with Crippen molar-refractivity contribution in [2.75, 3.05) is 14.2 Å². The maximum Gasteiger partial charge on any atom is 0.337 e. The Morgan fingerprint density at radius 1 is 1.06 bits per heavy atom. The zero-order valence-corrected chi connectivity index (χ0v) is 23.4. The van der Waals surface area contributed by atoms with Crippen molar-refractivity contribution in [1.29, 1.82) is 0 Å². The Morgan fingerprint density at radius 3 is 2.36 bits per heavy atom. The second kappa shape index (κ2) is 9.95. The zero-order valence-electron chi connectivity index (χ0n) is 20.8. The lowest BCUT2D eigenvalue weighted by Crippen LogP contribution is -2.51. The number of fused-ring (bicyclic) bond motifs is 3. The molecule has 0 spiro atoms. The summed E-state index contributed by atoms with van der Waals surface area (Å²) in [5.74, 6) is 1.40. The van der Waals surface area contributed by atoms with E-state index in [9.17, 15) is 14.4 Å². The van der Waals surface area contributed by atoms with Crippen LogP contribution in [0.25, 0.3) is 10.9 Å². The highest BCUT2D eigenvalue weighted by Gasteiger charge is 2.44. The molecule has 0 saturated carbocycles. The lowest BCUT2D eigenvalue weighted by atomic mass is 9.87. The molecule has 0 unspecified atom stereocenters. The maximum absolute atomic E-state index is 13.6.